The first-order valence-electron chi connectivity index (χ1n) is 7.08. The van der Waals surface area contributed by atoms with Gasteiger partial charge in [0.25, 0.3) is 0 Å². The van der Waals surface area contributed by atoms with Crippen LogP contribution in [-0.2, 0) is 19.6 Å². The Morgan fingerprint density at radius 3 is 2.81 bits per heavy atom. The van der Waals surface area contributed by atoms with Crippen molar-refractivity contribution < 1.29 is 18.0 Å². The Bertz CT molecular complexity index is 978. The molecule has 0 radical (unpaired) electrons. The molecule has 0 spiro atoms. The molecule has 138 valence electrons. The van der Waals surface area contributed by atoms with Gasteiger partial charge in [-0.25, -0.2) is 8.42 Å². The van der Waals surface area contributed by atoms with Crippen molar-refractivity contribution in [3.05, 3.63) is 23.2 Å². The number of nitrogens with one attached hydrogen (secondary N) is 3. The molecule has 1 aliphatic heterocycles. The molecule has 1 unspecified atom stereocenters. The highest BCUT2D eigenvalue weighted by atomic mass is 35.5. The Morgan fingerprint density at radius 2 is 2.08 bits per heavy atom. The molecule has 9 nitrogen and oxygen atoms in total. The Hall–Kier alpha value is -1.89. The van der Waals surface area contributed by atoms with E-state index in [4.69, 9.17) is 11.6 Å². The Labute approximate surface area is 162 Å². The smallest absolute Gasteiger partial charge is 0.238 e. The van der Waals surface area contributed by atoms with Gasteiger partial charge in [-0.2, -0.15) is 0 Å². The minimum atomic E-state index is -3.47. The van der Waals surface area contributed by atoms with E-state index in [0.29, 0.717) is 10.7 Å². The average molecular weight is 434 g/mol. The zero-order valence-electron chi connectivity index (χ0n) is 13.1. The number of benzene rings is 1. The zero-order chi connectivity index (χ0) is 18.9. The second-order valence-electron chi connectivity index (χ2n) is 5.28. The zero-order valence-corrected chi connectivity index (χ0v) is 16.4. The minimum absolute atomic E-state index is 0.0402. The third-order valence-electron chi connectivity index (χ3n) is 3.08. The maximum absolute atomic E-state index is 12.2. The predicted octanol–water partition coefficient (Wildman–Crippen LogP) is 2.00. The van der Waals surface area contributed by atoms with E-state index in [1.165, 1.54) is 11.8 Å². The third-order valence-corrected chi connectivity index (χ3v) is 6.03. The van der Waals surface area contributed by atoms with Crippen LogP contribution in [0.15, 0.2) is 23.1 Å². The van der Waals surface area contributed by atoms with Crippen LogP contribution in [0.25, 0.3) is 0 Å². The molecule has 0 saturated heterocycles. The fourth-order valence-electron chi connectivity index (χ4n) is 2.07. The number of hydrogen-bond donors (Lipinski definition) is 3. The van der Waals surface area contributed by atoms with E-state index in [9.17, 15) is 18.0 Å². The van der Waals surface area contributed by atoms with E-state index in [-0.39, 0.29) is 22.6 Å². The van der Waals surface area contributed by atoms with Gasteiger partial charge in [0, 0.05) is 16.3 Å². The second-order valence-corrected chi connectivity index (χ2v) is 9.68. The predicted molar refractivity (Wildman–Crippen MR) is 101 cm³/mol. The molecule has 2 amide bonds. The number of hydrogen-bond acceptors (Lipinski definition) is 8. The van der Waals surface area contributed by atoms with Crippen molar-refractivity contribution in [1.82, 2.24) is 10.2 Å². The molecule has 1 aliphatic rings. The van der Waals surface area contributed by atoms with Gasteiger partial charge >= 0.3 is 0 Å². The minimum Gasteiger partial charge on any atom is -0.324 e. The molecule has 0 bridgehead atoms. The van der Waals surface area contributed by atoms with Crippen molar-refractivity contribution in [2.24, 2.45) is 0 Å². The van der Waals surface area contributed by atoms with Gasteiger partial charge in [0.2, 0.25) is 32.1 Å². The molecule has 0 saturated carbocycles. The first-order valence-corrected chi connectivity index (χ1v) is 11.0. The molecule has 3 N–H and O–H groups in total. The summed E-state index contributed by atoms with van der Waals surface area (Å²) >= 11 is 8.04. The van der Waals surface area contributed by atoms with Crippen molar-refractivity contribution in [3.63, 3.8) is 0 Å². The van der Waals surface area contributed by atoms with Gasteiger partial charge in [0.1, 0.15) is 0 Å². The van der Waals surface area contributed by atoms with Gasteiger partial charge in [0.05, 0.1) is 17.2 Å². The maximum Gasteiger partial charge on any atom is 0.238 e. The molecular weight excluding hydrogens is 422 g/mol. The van der Waals surface area contributed by atoms with Crippen LogP contribution in [0.5, 0.6) is 0 Å². The third kappa shape index (κ3) is 4.84. The van der Waals surface area contributed by atoms with Crippen LogP contribution in [0.4, 0.5) is 16.0 Å². The Kier molecular flexibility index (Phi) is 5.37. The first kappa shape index (κ1) is 18.9. The number of amides is 2. The lowest BCUT2D eigenvalue weighted by Crippen LogP contribution is -2.32. The summed E-state index contributed by atoms with van der Waals surface area (Å²) in [5.74, 6) is -0.728. The van der Waals surface area contributed by atoms with Crippen LogP contribution in [0.1, 0.15) is 6.42 Å². The molecule has 2 heterocycles. The number of carbonyl (C=O) groups is 2. The van der Waals surface area contributed by atoms with Gasteiger partial charge in [-0.3, -0.25) is 14.3 Å². The normalized spacial score (nSPS) is 16.5. The van der Waals surface area contributed by atoms with Crippen LogP contribution >= 0.6 is 34.7 Å². The number of carbonyl (C=O) groups excluding carboxylic acids is 2. The second kappa shape index (κ2) is 7.39. The summed E-state index contributed by atoms with van der Waals surface area (Å²) in [6.45, 7) is 0. The number of sulfonamides is 1. The monoisotopic (exact) mass is 433 g/mol. The molecule has 13 heteroatoms. The van der Waals surface area contributed by atoms with Gasteiger partial charge < -0.3 is 10.6 Å². The van der Waals surface area contributed by atoms with Crippen molar-refractivity contribution >= 4 is 72.5 Å². The number of thioether (sulfide) groups is 1. The van der Waals surface area contributed by atoms with E-state index < -0.39 is 21.2 Å². The number of halogens is 1. The van der Waals surface area contributed by atoms with E-state index in [1.54, 1.807) is 18.2 Å². The van der Waals surface area contributed by atoms with E-state index in [1.807, 2.05) is 0 Å². The van der Waals surface area contributed by atoms with Gasteiger partial charge in [-0.05, 0) is 18.2 Å². The lowest BCUT2D eigenvalue weighted by molar-refractivity contribution is -0.120. The van der Waals surface area contributed by atoms with Gasteiger partial charge in [-0.15, -0.1) is 22.0 Å². The van der Waals surface area contributed by atoms with E-state index in [0.717, 1.165) is 22.5 Å². The summed E-state index contributed by atoms with van der Waals surface area (Å²) in [5, 5.41) is 12.6. The summed E-state index contributed by atoms with van der Waals surface area (Å²) in [4.78, 5) is 25.1. The quantitative estimate of drug-likeness (QED) is 0.657. The molecule has 1 aromatic carbocycles. The largest absolute Gasteiger partial charge is 0.324 e. The maximum atomic E-state index is 12.2. The number of rotatable bonds is 5. The number of fused-ring (bicyclic) bond motifs is 1. The van der Waals surface area contributed by atoms with Crippen LogP contribution in [0.3, 0.4) is 0 Å². The molecule has 3 rings (SSSR count). The highest BCUT2D eigenvalue weighted by molar-refractivity contribution is 8.01. The number of aromatic nitrogens is 2. The van der Waals surface area contributed by atoms with Crippen molar-refractivity contribution in [3.8, 4) is 0 Å². The fourth-order valence-corrected chi connectivity index (χ4v) is 4.82. The Morgan fingerprint density at radius 1 is 1.35 bits per heavy atom. The standard InChI is InChI=1S/C13H12ClN5O4S3/c1-26(22,23)19-13-18-17-12(25-13)16-10(20)5-9-11(21)15-7-4-6(14)2-3-8(7)24-9/h2-4,9H,5H2,1H3,(H,15,21)(H,18,19)(H,16,17,20). The van der Waals surface area contributed by atoms with Crippen LogP contribution in [0.2, 0.25) is 5.02 Å². The number of anilines is 3. The first-order chi connectivity index (χ1) is 12.2. The van der Waals surface area contributed by atoms with E-state index >= 15 is 0 Å². The highest BCUT2D eigenvalue weighted by Crippen LogP contribution is 2.38. The summed E-state index contributed by atoms with van der Waals surface area (Å²) in [5.41, 5.74) is 0.616. The molecule has 0 fully saturated rings. The van der Waals surface area contributed by atoms with Crippen LogP contribution in [-0.4, -0.2) is 41.9 Å². The Balaban J connectivity index is 1.62. The summed E-state index contributed by atoms with van der Waals surface area (Å²) in [7, 11) is -3.47. The molecule has 26 heavy (non-hydrogen) atoms. The molecule has 1 atom stereocenters. The molecule has 0 aliphatic carbocycles. The summed E-state index contributed by atoms with van der Waals surface area (Å²) < 4.78 is 24.4. The van der Waals surface area contributed by atoms with Crippen molar-refractivity contribution in [1.29, 1.82) is 0 Å². The van der Waals surface area contributed by atoms with Crippen LogP contribution < -0.4 is 15.4 Å². The average Bonchev–Trinajstić information content (AvgIpc) is 2.93. The van der Waals surface area contributed by atoms with Crippen LogP contribution in [0, 0.1) is 0 Å². The number of nitrogens with zero attached hydrogens (tertiary/aromatic N) is 2. The van der Waals surface area contributed by atoms with Gasteiger partial charge in [-0.1, -0.05) is 22.9 Å². The lowest BCUT2D eigenvalue weighted by Gasteiger charge is -2.23. The summed E-state index contributed by atoms with van der Waals surface area (Å²) in [6.07, 6.45) is 0.906. The lowest BCUT2D eigenvalue weighted by atomic mass is 10.2. The molecule has 1 aromatic heterocycles. The topological polar surface area (TPSA) is 130 Å². The molecular formula is C13H12ClN5O4S3. The molecule has 2 aromatic rings. The van der Waals surface area contributed by atoms with Crippen molar-refractivity contribution in [2.45, 2.75) is 16.6 Å². The van der Waals surface area contributed by atoms with Gasteiger partial charge in [0.15, 0.2) is 0 Å². The summed E-state index contributed by atoms with van der Waals surface area (Å²) in [6, 6.07) is 5.13. The fraction of sp³-hybridized carbons (Fsp3) is 0.231. The SMILES string of the molecule is CS(=O)(=O)Nc1nnc(NC(=O)CC2Sc3ccc(Cl)cc3NC2=O)s1. The highest BCUT2D eigenvalue weighted by Gasteiger charge is 2.29. The van der Waals surface area contributed by atoms with E-state index in [2.05, 4.69) is 25.6 Å². The van der Waals surface area contributed by atoms with Crippen molar-refractivity contribution in [2.75, 3.05) is 21.6 Å².